The minimum Gasteiger partial charge on any atom is -0.336 e. The van der Waals surface area contributed by atoms with Crippen LogP contribution in [0.5, 0.6) is 0 Å². The molecule has 0 bridgehead atoms. The van der Waals surface area contributed by atoms with Gasteiger partial charge in [-0.15, -0.1) is 0 Å². The zero-order valence-corrected chi connectivity index (χ0v) is 9.89. The van der Waals surface area contributed by atoms with Crippen LogP contribution < -0.4 is 5.32 Å². The Balaban J connectivity index is 1.89. The van der Waals surface area contributed by atoms with Gasteiger partial charge in [-0.05, 0) is 13.0 Å². The number of quaternary nitrogens is 1. The molecule has 0 saturated carbocycles. The van der Waals surface area contributed by atoms with Crippen molar-refractivity contribution in [2.24, 2.45) is 0 Å². The van der Waals surface area contributed by atoms with E-state index in [2.05, 4.69) is 34.5 Å². The van der Waals surface area contributed by atoms with E-state index in [1.165, 1.54) is 12.0 Å². The first-order valence-corrected chi connectivity index (χ1v) is 6.07. The molecule has 1 saturated heterocycles. The van der Waals surface area contributed by atoms with Gasteiger partial charge in [0.15, 0.2) is 6.04 Å². The molecule has 1 aromatic heterocycles. The summed E-state index contributed by atoms with van der Waals surface area (Å²) < 4.78 is 5.35. The number of nitrogens with two attached hydrogens (primary N) is 1. The van der Waals surface area contributed by atoms with E-state index in [-0.39, 0.29) is 0 Å². The van der Waals surface area contributed by atoms with Gasteiger partial charge in [-0.1, -0.05) is 28.9 Å². The number of hydrogen-bond acceptors (Lipinski definition) is 3. The molecule has 1 aliphatic heterocycles. The van der Waals surface area contributed by atoms with Crippen molar-refractivity contribution in [1.29, 1.82) is 0 Å². The van der Waals surface area contributed by atoms with Crippen molar-refractivity contribution >= 4 is 0 Å². The molecule has 1 atom stereocenters. The van der Waals surface area contributed by atoms with Crippen molar-refractivity contribution in [1.82, 2.24) is 10.1 Å². The SMILES string of the molecule is Cc1cccc(-c2noc([C@H]3CCC[NH2+]3)n2)c1. The van der Waals surface area contributed by atoms with Gasteiger partial charge in [-0.25, -0.2) is 0 Å². The Hall–Kier alpha value is -1.68. The fraction of sp³-hybridized carbons (Fsp3) is 0.385. The van der Waals surface area contributed by atoms with Gasteiger partial charge >= 0.3 is 0 Å². The maximum atomic E-state index is 5.35. The monoisotopic (exact) mass is 230 g/mol. The first kappa shape index (κ1) is 10.5. The molecule has 1 fully saturated rings. The van der Waals surface area contributed by atoms with Crippen LogP contribution in [0.2, 0.25) is 0 Å². The van der Waals surface area contributed by atoms with Crippen LogP contribution in [-0.2, 0) is 0 Å². The number of nitrogens with zero attached hydrogens (tertiary/aromatic N) is 2. The second-order valence-electron chi connectivity index (χ2n) is 4.60. The van der Waals surface area contributed by atoms with Gasteiger partial charge in [0.1, 0.15) is 0 Å². The van der Waals surface area contributed by atoms with Crippen molar-refractivity contribution in [3.63, 3.8) is 0 Å². The lowest BCUT2D eigenvalue weighted by atomic mass is 10.1. The lowest BCUT2D eigenvalue weighted by Gasteiger charge is -1.98. The van der Waals surface area contributed by atoms with Gasteiger partial charge in [0.05, 0.1) is 6.54 Å². The summed E-state index contributed by atoms with van der Waals surface area (Å²) in [6.07, 6.45) is 2.36. The summed E-state index contributed by atoms with van der Waals surface area (Å²) in [6, 6.07) is 8.53. The summed E-state index contributed by atoms with van der Waals surface area (Å²) in [5.74, 6) is 1.46. The Bertz CT molecular complexity index is 515. The molecule has 2 aromatic rings. The third-order valence-electron chi connectivity index (χ3n) is 3.21. The van der Waals surface area contributed by atoms with E-state index >= 15 is 0 Å². The smallest absolute Gasteiger partial charge is 0.285 e. The highest BCUT2D eigenvalue weighted by Gasteiger charge is 2.26. The van der Waals surface area contributed by atoms with E-state index in [0.29, 0.717) is 11.9 Å². The predicted molar refractivity (Wildman–Crippen MR) is 63.2 cm³/mol. The van der Waals surface area contributed by atoms with E-state index in [0.717, 1.165) is 24.4 Å². The quantitative estimate of drug-likeness (QED) is 0.849. The number of aromatic nitrogens is 2. The van der Waals surface area contributed by atoms with E-state index in [1.807, 2.05) is 12.1 Å². The Morgan fingerprint density at radius 3 is 3.12 bits per heavy atom. The second kappa shape index (κ2) is 4.30. The van der Waals surface area contributed by atoms with Gasteiger partial charge < -0.3 is 9.84 Å². The Morgan fingerprint density at radius 1 is 1.41 bits per heavy atom. The summed E-state index contributed by atoms with van der Waals surface area (Å²) in [5.41, 5.74) is 2.24. The maximum Gasteiger partial charge on any atom is 0.285 e. The lowest BCUT2D eigenvalue weighted by molar-refractivity contribution is -0.678. The average Bonchev–Trinajstić information content (AvgIpc) is 3.00. The summed E-state index contributed by atoms with van der Waals surface area (Å²) in [7, 11) is 0. The molecule has 0 unspecified atom stereocenters. The highest BCUT2D eigenvalue weighted by Crippen LogP contribution is 2.21. The molecule has 1 aromatic carbocycles. The first-order valence-electron chi connectivity index (χ1n) is 6.07. The van der Waals surface area contributed by atoms with Crippen LogP contribution >= 0.6 is 0 Å². The zero-order valence-electron chi connectivity index (χ0n) is 9.89. The molecule has 4 heteroatoms. The predicted octanol–water partition coefficient (Wildman–Crippen LogP) is 1.44. The molecule has 0 amide bonds. The molecular formula is C13H16N3O+. The van der Waals surface area contributed by atoms with Crippen molar-refractivity contribution in [3.05, 3.63) is 35.7 Å². The number of aryl methyl sites for hydroxylation is 1. The lowest BCUT2D eigenvalue weighted by Crippen LogP contribution is -2.81. The molecule has 88 valence electrons. The summed E-state index contributed by atoms with van der Waals surface area (Å²) in [5, 5.41) is 6.34. The van der Waals surface area contributed by atoms with Crippen molar-refractivity contribution in [3.8, 4) is 11.4 Å². The number of rotatable bonds is 2. The molecule has 3 rings (SSSR count). The van der Waals surface area contributed by atoms with E-state index in [9.17, 15) is 0 Å². The van der Waals surface area contributed by atoms with Gasteiger partial charge in [0, 0.05) is 18.4 Å². The molecule has 1 aliphatic rings. The minimum absolute atomic E-state index is 0.362. The average molecular weight is 230 g/mol. The Labute approximate surface area is 100 Å². The maximum absolute atomic E-state index is 5.35. The largest absolute Gasteiger partial charge is 0.336 e. The van der Waals surface area contributed by atoms with Gasteiger partial charge in [0.25, 0.3) is 5.89 Å². The van der Waals surface area contributed by atoms with E-state index in [4.69, 9.17) is 4.52 Å². The summed E-state index contributed by atoms with van der Waals surface area (Å²) in [6.45, 7) is 3.22. The molecule has 2 N–H and O–H groups in total. The molecule has 0 radical (unpaired) electrons. The standard InChI is InChI=1S/C13H15N3O/c1-9-4-2-5-10(8-9)12-15-13(17-16-12)11-6-3-7-14-11/h2,4-5,8,11,14H,3,6-7H2,1H3/p+1/t11-/m1/s1. The summed E-state index contributed by atoms with van der Waals surface area (Å²) >= 11 is 0. The fourth-order valence-electron chi connectivity index (χ4n) is 2.29. The van der Waals surface area contributed by atoms with Crippen molar-refractivity contribution in [2.45, 2.75) is 25.8 Å². The Morgan fingerprint density at radius 2 is 2.35 bits per heavy atom. The molecule has 2 heterocycles. The van der Waals surface area contributed by atoms with Crippen LogP contribution in [0.4, 0.5) is 0 Å². The minimum atomic E-state index is 0.362. The zero-order chi connectivity index (χ0) is 11.7. The molecule has 17 heavy (non-hydrogen) atoms. The van der Waals surface area contributed by atoms with E-state index < -0.39 is 0 Å². The highest BCUT2D eigenvalue weighted by molar-refractivity contribution is 5.55. The normalized spacial score (nSPS) is 19.7. The number of hydrogen-bond donors (Lipinski definition) is 1. The van der Waals surface area contributed by atoms with Gasteiger partial charge in [-0.2, -0.15) is 4.98 Å². The fourth-order valence-corrected chi connectivity index (χ4v) is 2.29. The van der Waals surface area contributed by atoms with Crippen molar-refractivity contribution < 1.29 is 9.84 Å². The van der Waals surface area contributed by atoms with Crippen molar-refractivity contribution in [2.75, 3.05) is 6.54 Å². The van der Waals surface area contributed by atoms with Crippen LogP contribution in [0.15, 0.2) is 28.8 Å². The molecular weight excluding hydrogens is 214 g/mol. The third-order valence-corrected chi connectivity index (χ3v) is 3.21. The third kappa shape index (κ3) is 2.08. The van der Waals surface area contributed by atoms with Crippen LogP contribution in [0.3, 0.4) is 0 Å². The van der Waals surface area contributed by atoms with Gasteiger partial charge in [-0.3, -0.25) is 0 Å². The highest BCUT2D eigenvalue weighted by atomic mass is 16.5. The second-order valence-corrected chi connectivity index (χ2v) is 4.60. The van der Waals surface area contributed by atoms with E-state index in [1.54, 1.807) is 0 Å². The summed E-state index contributed by atoms with van der Waals surface area (Å²) in [4.78, 5) is 4.49. The van der Waals surface area contributed by atoms with Crippen LogP contribution in [-0.4, -0.2) is 16.7 Å². The van der Waals surface area contributed by atoms with Crippen LogP contribution in [0.1, 0.15) is 30.3 Å². The topological polar surface area (TPSA) is 55.5 Å². The van der Waals surface area contributed by atoms with Gasteiger partial charge in [0.2, 0.25) is 5.82 Å². The molecule has 0 aliphatic carbocycles. The van der Waals surface area contributed by atoms with Crippen LogP contribution in [0, 0.1) is 6.92 Å². The molecule has 4 nitrogen and oxygen atoms in total. The number of benzene rings is 1. The first-order chi connectivity index (χ1) is 8.33. The van der Waals surface area contributed by atoms with Crippen LogP contribution in [0.25, 0.3) is 11.4 Å². The molecule has 0 spiro atoms. The Kier molecular flexibility index (Phi) is 2.65.